The molecule has 6 nitrogen and oxygen atoms in total. The van der Waals surface area contributed by atoms with Gasteiger partial charge in [-0.1, -0.05) is 12.1 Å². The number of hydrogen-bond donors (Lipinski definition) is 1. The molecule has 1 aromatic carbocycles. The Hall–Kier alpha value is -2.10. The Bertz CT molecular complexity index is 762. The van der Waals surface area contributed by atoms with Gasteiger partial charge in [-0.15, -0.1) is 0 Å². The molecule has 1 atom stereocenters. The lowest BCUT2D eigenvalue weighted by Crippen LogP contribution is -2.51. The van der Waals surface area contributed by atoms with E-state index in [9.17, 15) is 31.2 Å². The minimum atomic E-state index is -4.44. The first-order chi connectivity index (χ1) is 12.0. The smallest absolute Gasteiger partial charge is 0.344 e. The van der Waals surface area contributed by atoms with E-state index >= 15 is 0 Å². The maximum absolute atomic E-state index is 12.5. The van der Waals surface area contributed by atoms with Crippen LogP contribution in [0.3, 0.4) is 0 Å². The summed E-state index contributed by atoms with van der Waals surface area (Å²) >= 11 is 0. The van der Waals surface area contributed by atoms with Gasteiger partial charge in [-0.05, 0) is 24.6 Å². The number of halogens is 3. The molecule has 26 heavy (non-hydrogen) atoms. The molecule has 0 aromatic heterocycles. The standard InChI is InChI=1S/C16H19F3N2O4S/c1-11(15(23)21-6-8-26(24,25)9-7-21)20-14(22)10-12-2-4-13(5-3-12)16(17,18)19/h2-5,11H,6-10H2,1H3,(H,20,22)/t11-/m0/s1. The van der Waals surface area contributed by atoms with Crippen LogP contribution in [0.1, 0.15) is 18.1 Å². The van der Waals surface area contributed by atoms with E-state index in [2.05, 4.69) is 5.32 Å². The highest BCUT2D eigenvalue weighted by Gasteiger charge is 2.30. The van der Waals surface area contributed by atoms with Gasteiger partial charge in [0.05, 0.1) is 23.5 Å². The summed E-state index contributed by atoms with van der Waals surface area (Å²) in [5.74, 6) is -1.11. The molecule has 2 rings (SSSR count). The van der Waals surface area contributed by atoms with Crippen molar-refractivity contribution in [3.8, 4) is 0 Å². The molecule has 1 aliphatic rings. The molecule has 1 fully saturated rings. The van der Waals surface area contributed by atoms with Gasteiger partial charge < -0.3 is 10.2 Å². The molecule has 0 saturated carbocycles. The number of rotatable bonds is 4. The zero-order chi connectivity index (χ0) is 19.5. The molecular formula is C16H19F3N2O4S. The van der Waals surface area contributed by atoms with Crippen molar-refractivity contribution in [3.05, 3.63) is 35.4 Å². The molecule has 10 heteroatoms. The van der Waals surface area contributed by atoms with E-state index in [-0.39, 0.29) is 36.9 Å². The average Bonchev–Trinajstić information content (AvgIpc) is 2.53. The zero-order valence-corrected chi connectivity index (χ0v) is 14.9. The third-order valence-electron chi connectivity index (χ3n) is 4.05. The van der Waals surface area contributed by atoms with Gasteiger partial charge in [0.1, 0.15) is 6.04 Å². The molecule has 2 amide bonds. The third kappa shape index (κ3) is 5.45. The Balaban J connectivity index is 1.88. The van der Waals surface area contributed by atoms with Crippen LogP contribution in [0, 0.1) is 0 Å². The van der Waals surface area contributed by atoms with Gasteiger partial charge in [-0.3, -0.25) is 9.59 Å². The van der Waals surface area contributed by atoms with Crippen molar-refractivity contribution in [2.75, 3.05) is 24.6 Å². The minimum Gasteiger partial charge on any atom is -0.344 e. The molecule has 0 unspecified atom stereocenters. The quantitative estimate of drug-likeness (QED) is 0.829. The number of carbonyl (C=O) groups is 2. The summed E-state index contributed by atoms with van der Waals surface area (Å²) in [6, 6.07) is 3.36. The van der Waals surface area contributed by atoms with Crippen LogP contribution in [-0.4, -0.2) is 55.8 Å². The van der Waals surface area contributed by atoms with Gasteiger partial charge in [0.15, 0.2) is 9.84 Å². The van der Waals surface area contributed by atoms with E-state index in [1.165, 1.54) is 24.0 Å². The second kappa shape index (κ2) is 7.65. The summed E-state index contributed by atoms with van der Waals surface area (Å²) in [5, 5.41) is 2.49. The van der Waals surface area contributed by atoms with Crippen molar-refractivity contribution in [3.63, 3.8) is 0 Å². The second-order valence-electron chi connectivity index (χ2n) is 6.14. The highest BCUT2D eigenvalue weighted by Crippen LogP contribution is 2.29. The summed E-state index contributed by atoms with van der Waals surface area (Å²) < 4.78 is 60.3. The monoisotopic (exact) mass is 392 g/mol. The molecule has 0 bridgehead atoms. The molecule has 144 valence electrons. The number of carbonyl (C=O) groups excluding carboxylic acids is 2. The van der Waals surface area contributed by atoms with Crippen LogP contribution in [0.2, 0.25) is 0 Å². The molecule has 1 saturated heterocycles. The van der Waals surface area contributed by atoms with E-state index in [0.717, 1.165) is 12.1 Å². The van der Waals surface area contributed by atoms with E-state index in [4.69, 9.17) is 0 Å². The van der Waals surface area contributed by atoms with Crippen molar-refractivity contribution in [2.24, 2.45) is 0 Å². The van der Waals surface area contributed by atoms with Crippen LogP contribution in [0.25, 0.3) is 0 Å². The fourth-order valence-electron chi connectivity index (χ4n) is 2.56. The minimum absolute atomic E-state index is 0.0836. The van der Waals surface area contributed by atoms with E-state index in [1.807, 2.05) is 0 Å². The van der Waals surface area contributed by atoms with Gasteiger partial charge in [-0.25, -0.2) is 8.42 Å². The highest BCUT2D eigenvalue weighted by molar-refractivity contribution is 7.91. The van der Waals surface area contributed by atoms with Gasteiger partial charge in [0, 0.05) is 13.1 Å². The van der Waals surface area contributed by atoms with Gasteiger partial charge in [0.25, 0.3) is 0 Å². The number of nitrogens with one attached hydrogen (secondary N) is 1. The Kier molecular flexibility index (Phi) is 5.94. The van der Waals surface area contributed by atoms with Crippen LogP contribution in [0.4, 0.5) is 13.2 Å². The first kappa shape index (κ1) is 20.2. The van der Waals surface area contributed by atoms with Gasteiger partial charge in [-0.2, -0.15) is 13.2 Å². The highest BCUT2D eigenvalue weighted by atomic mass is 32.2. The van der Waals surface area contributed by atoms with Crippen LogP contribution >= 0.6 is 0 Å². The molecule has 1 N–H and O–H groups in total. The van der Waals surface area contributed by atoms with Crippen molar-refractivity contribution in [1.29, 1.82) is 0 Å². The van der Waals surface area contributed by atoms with Crippen molar-refractivity contribution in [2.45, 2.75) is 25.6 Å². The first-order valence-electron chi connectivity index (χ1n) is 7.93. The first-order valence-corrected chi connectivity index (χ1v) is 9.75. The normalized spacial score (nSPS) is 18.2. The number of sulfone groups is 1. The Morgan fingerprint density at radius 1 is 1.15 bits per heavy atom. The topological polar surface area (TPSA) is 83.6 Å². The Labute approximate surface area is 149 Å². The van der Waals surface area contributed by atoms with Crippen molar-refractivity contribution < 1.29 is 31.2 Å². The van der Waals surface area contributed by atoms with Gasteiger partial charge in [0.2, 0.25) is 11.8 Å². The molecule has 0 radical (unpaired) electrons. The fourth-order valence-corrected chi connectivity index (χ4v) is 3.76. The molecule has 0 spiro atoms. The maximum Gasteiger partial charge on any atom is 0.416 e. The van der Waals surface area contributed by atoms with Crippen molar-refractivity contribution in [1.82, 2.24) is 10.2 Å². The predicted octanol–water partition coefficient (Wildman–Crippen LogP) is 1.01. The number of amides is 2. The van der Waals surface area contributed by atoms with Crippen LogP contribution < -0.4 is 5.32 Å². The maximum atomic E-state index is 12.5. The lowest BCUT2D eigenvalue weighted by molar-refractivity contribution is -0.137. The van der Waals surface area contributed by atoms with E-state index in [1.54, 1.807) is 0 Å². The van der Waals surface area contributed by atoms with E-state index < -0.39 is 33.5 Å². The number of hydrogen-bond acceptors (Lipinski definition) is 4. The summed E-state index contributed by atoms with van der Waals surface area (Å²) in [5.41, 5.74) is -0.413. The number of alkyl halides is 3. The fraction of sp³-hybridized carbons (Fsp3) is 0.500. The Morgan fingerprint density at radius 2 is 1.69 bits per heavy atom. The van der Waals surface area contributed by atoms with Gasteiger partial charge >= 0.3 is 6.18 Å². The summed E-state index contributed by atoms with van der Waals surface area (Å²) in [6.45, 7) is 1.65. The van der Waals surface area contributed by atoms with Crippen LogP contribution in [0.15, 0.2) is 24.3 Å². The summed E-state index contributed by atoms with van der Waals surface area (Å²) in [7, 11) is -3.11. The molecule has 1 aliphatic heterocycles. The second-order valence-corrected chi connectivity index (χ2v) is 8.44. The molecular weight excluding hydrogens is 373 g/mol. The number of benzene rings is 1. The molecule has 0 aliphatic carbocycles. The lowest BCUT2D eigenvalue weighted by atomic mass is 10.1. The SMILES string of the molecule is C[C@H](NC(=O)Cc1ccc(C(F)(F)F)cc1)C(=O)N1CCS(=O)(=O)CC1. The average molecular weight is 392 g/mol. The molecule has 1 aromatic rings. The molecule has 1 heterocycles. The number of nitrogens with zero attached hydrogens (tertiary/aromatic N) is 1. The third-order valence-corrected chi connectivity index (χ3v) is 5.66. The summed E-state index contributed by atoms with van der Waals surface area (Å²) in [6.07, 6.45) is -4.60. The Morgan fingerprint density at radius 3 is 2.19 bits per heavy atom. The zero-order valence-electron chi connectivity index (χ0n) is 14.0. The lowest BCUT2D eigenvalue weighted by Gasteiger charge is -2.29. The summed E-state index contributed by atoms with van der Waals surface area (Å²) in [4.78, 5) is 25.6. The van der Waals surface area contributed by atoms with Crippen molar-refractivity contribution >= 4 is 21.7 Å². The largest absolute Gasteiger partial charge is 0.416 e. The van der Waals surface area contributed by atoms with E-state index in [0.29, 0.717) is 5.56 Å². The van der Waals surface area contributed by atoms with Crippen LogP contribution in [0.5, 0.6) is 0 Å². The predicted molar refractivity (Wildman–Crippen MR) is 88.0 cm³/mol. The van der Waals surface area contributed by atoms with Crippen LogP contribution in [-0.2, 0) is 32.0 Å².